The lowest BCUT2D eigenvalue weighted by Gasteiger charge is -2.13. The molecule has 2 rings (SSSR count). The quantitative estimate of drug-likeness (QED) is 0.759. The molecule has 4 heteroatoms. The van der Waals surface area contributed by atoms with Gasteiger partial charge in [-0.05, 0) is 19.3 Å². The van der Waals surface area contributed by atoms with Crippen LogP contribution in [0.3, 0.4) is 0 Å². The minimum Gasteiger partial charge on any atom is -0.381 e. The Labute approximate surface area is 82.7 Å². The molecule has 1 aromatic rings. The Morgan fingerprint density at radius 2 is 2.50 bits per heavy atom. The average molecular weight is 193 g/mol. The lowest BCUT2D eigenvalue weighted by Crippen LogP contribution is -2.18. The van der Waals surface area contributed by atoms with Gasteiger partial charge in [0.05, 0.1) is 11.9 Å². The summed E-state index contributed by atoms with van der Waals surface area (Å²) in [5.74, 6) is 0.896. The molecule has 1 fully saturated rings. The molecule has 1 aromatic heterocycles. The van der Waals surface area contributed by atoms with E-state index in [0.717, 1.165) is 11.6 Å². The molecule has 1 aliphatic carbocycles. The molecule has 4 nitrogen and oxygen atoms in total. The number of aromatic amines is 1. The molecule has 0 spiro atoms. The molecule has 1 aliphatic rings. The van der Waals surface area contributed by atoms with Gasteiger partial charge in [0.25, 0.3) is 5.56 Å². The Kier molecular flexibility index (Phi) is 2.52. The van der Waals surface area contributed by atoms with Crippen molar-refractivity contribution in [2.45, 2.75) is 32.2 Å². The summed E-state index contributed by atoms with van der Waals surface area (Å²) in [5, 5.41) is 9.36. The first-order chi connectivity index (χ1) is 6.74. The fourth-order valence-electron chi connectivity index (χ4n) is 1.65. The summed E-state index contributed by atoms with van der Waals surface area (Å²) in [7, 11) is 0. The SMILES string of the molecule is CC(CC1CC1)Nc1cn[nH]c(=O)c1. The molecule has 1 unspecified atom stereocenters. The standard InChI is InChI=1S/C10H15N3O/c1-7(4-8-2-3-8)12-9-5-10(14)13-11-6-9/h5-8H,2-4H2,1H3,(H2,12,13,14). The van der Waals surface area contributed by atoms with Crippen molar-refractivity contribution < 1.29 is 0 Å². The number of hydrogen-bond acceptors (Lipinski definition) is 3. The highest BCUT2D eigenvalue weighted by Gasteiger charge is 2.23. The van der Waals surface area contributed by atoms with Gasteiger partial charge >= 0.3 is 0 Å². The number of hydrogen-bond donors (Lipinski definition) is 2. The number of H-pyrrole nitrogens is 1. The number of rotatable bonds is 4. The van der Waals surface area contributed by atoms with Crippen molar-refractivity contribution in [2.24, 2.45) is 5.92 Å². The summed E-state index contributed by atoms with van der Waals surface area (Å²) in [6, 6.07) is 1.96. The highest BCUT2D eigenvalue weighted by atomic mass is 16.1. The Morgan fingerprint density at radius 3 is 3.14 bits per heavy atom. The van der Waals surface area contributed by atoms with Crippen LogP contribution in [0.2, 0.25) is 0 Å². The summed E-state index contributed by atoms with van der Waals surface area (Å²) in [5.41, 5.74) is 0.649. The zero-order valence-electron chi connectivity index (χ0n) is 8.29. The Morgan fingerprint density at radius 1 is 1.71 bits per heavy atom. The zero-order chi connectivity index (χ0) is 9.97. The van der Waals surface area contributed by atoms with Crippen LogP contribution < -0.4 is 10.9 Å². The van der Waals surface area contributed by atoms with Gasteiger partial charge in [-0.25, -0.2) is 5.10 Å². The Balaban J connectivity index is 1.91. The number of anilines is 1. The third-order valence-electron chi connectivity index (χ3n) is 2.46. The van der Waals surface area contributed by atoms with E-state index < -0.39 is 0 Å². The third-order valence-corrected chi connectivity index (χ3v) is 2.46. The third kappa shape index (κ3) is 2.58. The molecule has 0 amide bonds. The van der Waals surface area contributed by atoms with Crippen LogP contribution in [0.4, 0.5) is 5.69 Å². The average Bonchev–Trinajstić information content (AvgIpc) is 2.87. The van der Waals surface area contributed by atoms with Crippen molar-refractivity contribution in [3.8, 4) is 0 Å². The molecule has 0 bridgehead atoms. The van der Waals surface area contributed by atoms with Crippen LogP contribution in [0.25, 0.3) is 0 Å². The molecule has 0 radical (unpaired) electrons. The lowest BCUT2D eigenvalue weighted by atomic mass is 10.1. The number of aromatic nitrogens is 2. The van der Waals surface area contributed by atoms with Gasteiger partial charge < -0.3 is 5.32 Å². The van der Waals surface area contributed by atoms with Crippen LogP contribution in [-0.2, 0) is 0 Å². The molecule has 0 saturated heterocycles. The Hall–Kier alpha value is -1.32. The fraction of sp³-hybridized carbons (Fsp3) is 0.600. The normalized spacial score (nSPS) is 17.8. The summed E-state index contributed by atoms with van der Waals surface area (Å²) in [6.07, 6.45) is 5.55. The van der Waals surface area contributed by atoms with Gasteiger partial charge in [-0.3, -0.25) is 4.79 Å². The van der Waals surface area contributed by atoms with Crippen LogP contribution in [0.15, 0.2) is 17.1 Å². The van der Waals surface area contributed by atoms with Crippen molar-refractivity contribution >= 4 is 5.69 Å². The number of nitrogens with one attached hydrogen (secondary N) is 2. The van der Waals surface area contributed by atoms with E-state index in [2.05, 4.69) is 22.4 Å². The first kappa shape index (κ1) is 9.24. The summed E-state index contributed by atoms with van der Waals surface area (Å²) in [4.78, 5) is 10.9. The Bertz CT molecular complexity index is 356. The van der Waals surface area contributed by atoms with Gasteiger partial charge in [0, 0.05) is 12.1 Å². The largest absolute Gasteiger partial charge is 0.381 e. The minimum absolute atomic E-state index is 0.159. The van der Waals surface area contributed by atoms with E-state index >= 15 is 0 Å². The van der Waals surface area contributed by atoms with Gasteiger partial charge in [-0.15, -0.1) is 0 Å². The van der Waals surface area contributed by atoms with Crippen molar-refractivity contribution in [3.63, 3.8) is 0 Å². The van der Waals surface area contributed by atoms with Crippen LogP contribution >= 0.6 is 0 Å². The smallest absolute Gasteiger partial charge is 0.266 e. The molecule has 14 heavy (non-hydrogen) atoms. The topological polar surface area (TPSA) is 57.8 Å². The maximum Gasteiger partial charge on any atom is 0.266 e. The van der Waals surface area contributed by atoms with Crippen LogP contribution in [0.1, 0.15) is 26.2 Å². The van der Waals surface area contributed by atoms with Gasteiger partial charge in [-0.2, -0.15) is 5.10 Å². The number of nitrogens with zero attached hydrogens (tertiary/aromatic N) is 1. The molecular weight excluding hydrogens is 178 g/mol. The molecule has 1 saturated carbocycles. The first-order valence-corrected chi connectivity index (χ1v) is 5.05. The molecule has 2 N–H and O–H groups in total. The second-order valence-corrected chi connectivity index (χ2v) is 4.06. The van der Waals surface area contributed by atoms with E-state index in [1.807, 2.05) is 0 Å². The minimum atomic E-state index is -0.159. The van der Waals surface area contributed by atoms with E-state index in [-0.39, 0.29) is 5.56 Å². The van der Waals surface area contributed by atoms with Gasteiger partial charge in [-0.1, -0.05) is 12.8 Å². The second kappa shape index (κ2) is 3.82. The lowest BCUT2D eigenvalue weighted by molar-refractivity contribution is 0.641. The summed E-state index contributed by atoms with van der Waals surface area (Å²) >= 11 is 0. The van der Waals surface area contributed by atoms with Gasteiger partial charge in [0.2, 0.25) is 0 Å². The van der Waals surface area contributed by atoms with Crippen molar-refractivity contribution in [3.05, 3.63) is 22.6 Å². The van der Waals surface area contributed by atoms with E-state index in [1.54, 1.807) is 6.20 Å². The maximum absolute atomic E-state index is 10.9. The first-order valence-electron chi connectivity index (χ1n) is 5.05. The van der Waals surface area contributed by atoms with E-state index in [9.17, 15) is 4.79 Å². The predicted octanol–water partition coefficient (Wildman–Crippen LogP) is 1.37. The second-order valence-electron chi connectivity index (χ2n) is 4.06. The van der Waals surface area contributed by atoms with Crippen molar-refractivity contribution in [2.75, 3.05) is 5.32 Å². The molecule has 0 aliphatic heterocycles. The van der Waals surface area contributed by atoms with Crippen LogP contribution in [-0.4, -0.2) is 16.2 Å². The molecular formula is C10H15N3O. The summed E-state index contributed by atoms with van der Waals surface area (Å²) < 4.78 is 0. The van der Waals surface area contributed by atoms with E-state index in [0.29, 0.717) is 6.04 Å². The van der Waals surface area contributed by atoms with Crippen LogP contribution in [0.5, 0.6) is 0 Å². The molecule has 1 atom stereocenters. The monoisotopic (exact) mass is 193 g/mol. The zero-order valence-corrected chi connectivity index (χ0v) is 8.29. The van der Waals surface area contributed by atoms with E-state index in [1.165, 1.54) is 25.3 Å². The van der Waals surface area contributed by atoms with Crippen LogP contribution in [0, 0.1) is 5.92 Å². The molecule has 76 valence electrons. The van der Waals surface area contributed by atoms with Gasteiger partial charge in [0.15, 0.2) is 0 Å². The van der Waals surface area contributed by atoms with E-state index in [4.69, 9.17) is 0 Å². The van der Waals surface area contributed by atoms with Crippen molar-refractivity contribution in [1.82, 2.24) is 10.2 Å². The molecule has 0 aromatic carbocycles. The van der Waals surface area contributed by atoms with Crippen molar-refractivity contribution in [1.29, 1.82) is 0 Å². The maximum atomic E-state index is 10.9. The highest BCUT2D eigenvalue weighted by molar-refractivity contribution is 5.39. The highest BCUT2D eigenvalue weighted by Crippen LogP contribution is 2.33. The predicted molar refractivity (Wildman–Crippen MR) is 55.3 cm³/mol. The fourth-order valence-corrected chi connectivity index (χ4v) is 1.65. The summed E-state index contributed by atoms with van der Waals surface area (Å²) in [6.45, 7) is 2.14. The molecule has 1 heterocycles. The van der Waals surface area contributed by atoms with Gasteiger partial charge in [0.1, 0.15) is 0 Å².